The van der Waals surface area contributed by atoms with E-state index < -0.39 is 0 Å². The average Bonchev–Trinajstić information content (AvgIpc) is 3.81. The molecule has 45 heavy (non-hydrogen) atoms. The Morgan fingerprint density at radius 1 is 0.978 bits per heavy atom. The molecule has 1 atom stereocenters. The van der Waals surface area contributed by atoms with E-state index in [4.69, 9.17) is 4.42 Å². The van der Waals surface area contributed by atoms with Crippen molar-refractivity contribution in [3.63, 3.8) is 0 Å². The third-order valence-corrected chi connectivity index (χ3v) is 7.77. The van der Waals surface area contributed by atoms with Gasteiger partial charge in [0.1, 0.15) is 16.9 Å². The van der Waals surface area contributed by atoms with Crippen LogP contribution < -0.4 is 5.32 Å². The fraction of sp³-hybridized carbons (Fsp3) is 0.226. The molecule has 7 rings (SSSR count). The number of aryl methyl sites for hydroxylation is 2. The number of piperazine rings is 1. The van der Waals surface area contributed by atoms with Crippen LogP contribution in [0.1, 0.15) is 38.4 Å². The molecule has 6 aromatic rings. The van der Waals surface area contributed by atoms with Gasteiger partial charge in [-0.15, -0.1) is 10.2 Å². The van der Waals surface area contributed by atoms with Gasteiger partial charge in [-0.05, 0) is 41.1 Å². The molecule has 1 N–H and O–H groups in total. The highest BCUT2D eigenvalue weighted by molar-refractivity contribution is 6.03. The number of nitrogens with zero attached hydrogens (tertiary/aromatic N) is 10. The normalized spacial score (nSPS) is 14.5. The Morgan fingerprint density at radius 2 is 1.80 bits per heavy atom. The van der Waals surface area contributed by atoms with E-state index in [1.165, 1.54) is 11.0 Å². The number of anilines is 1. The monoisotopic (exact) mass is 603 g/mol. The van der Waals surface area contributed by atoms with E-state index in [1.807, 2.05) is 18.2 Å². The molecule has 2 amide bonds. The fourth-order valence-corrected chi connectivity index (χ4v) is 5.49. The van der Waals surface area contributed by atoms with Crippen LogP contribution >= 0.6 is 0 Å². The van der Waals surface area contributed by atoms with Gasteiger partial charge in [-0.3, -0.25) is 19.5 Å². The van der Waals surface area contributed by atoms with E-state index in [-0.39, 0.29) is 17.9 Å². The van der Waals surface area contributed by atoms with Crippen molar-refractivity contribution in [3.05, 3.63) is 102 Å². The second kappa shape index (κ2) is 11.7. The van der Waals surface area contributed by atoms with Gasteiger partial charge in [-0.2, -0.15) is 4.80 Å². The van der Waals surface area contributed by atoms with Crippen LogP contribution in [0.3, 0.4) is 0 Å². The van der Waals surface area contributed by atoms with E-state index in [9.17, 15) is 9.59 Å². The fourth-order valence-electron chi connectivity index (χ4n) is 5.49. The highest BCUT2D eigenvalue weighted by atomic mass is 16.3. The standard InChI is InChI=1S/C31H29N11O3/c1-39-19-32-18-25(39)29(43)34-22-8-9-26-23(17-22)35-30(45-26)21-10-11-33-24(16-21)31(44)42-14-12-41(13-15-42)27(20-6-4-3-5-7-20)28-36-38-40(2)37-28/h3-11,16-19,27H,12-15H2,1-2H3,(H,34,43). The van der Waals surface area contributed by atoms with Crippen LogP contribution in [0.15, 0.2) is 83.8 Å². The number of aromatic nitrogens is 8. The van der Waals surface area contributed by atoms with Crippen LogP contribution in [-0.4, -0.2) is 87.5 Å². The number of imidazole rings is 1. The van der Waals surface area contributed by atoms with E-state index in [2.05, 4.69) is 52.7 Å². The van der Waals surface area contributed by atoms with Crippen LogP contribution in [-0.2, 0) is 14.1 Å². The first-order valence-corrected chi connectivity index (χ1v) is 14.4. The number of fused-ring (bicyclic) bond motifs is 1. The van der Waals surface area contributed by atoms with Gasteiger partial charge in [0.25, 0.3) is 11.8 Å². The third kappa shape index (κ3) is 5.65. The van der Waals surface area contributed by atoms with E-state index in [0.717, 1.165) is 5.56 Å². The summed E-state index contributed by atoms with van der Waals surface area (Å²) < 4.78 is 7.64. The largest absolute Gasteiger partial charge is 0.436 e. The first kappa shape index (κ1) is 28.0. The Hall–Kier alpha value is -5.76. The van der Waals surface area contributed by atoms with Gasteiger partial charge in [-0.25, -0.2) is 9.97 Å². The van der Waals surface area contributed by atoms with Gasteiger partial charge in [0.2, 0.25) is 5.89 Å². The molecule has 0 spiro atoms. The maximum atomic E-state index is 13.6. The SMILES string of the molecule is Cn1nnc(C(c2ccccc2)N2CCN(C(=O)c3cc(-c4nc5cc(NC(=O)c6cncn6C)ccc5o4)ccn3)CC2)n1. The summed E-state index contributed by atoms with van der Waals surface area (Å²) in [6.07, 6.45) is 4.65. The highest BCUT2D eigenvalue weighted by Gasteiger charge is 2.31. The van der Waals surface area contributed by atoms with E-state index in [0.29, 0.717) is 71.6 Å². The molecule has 0 saturated carbocycles. The maximum Gasteiger partial charge on any atom is 0.273 e. The second-order valence-electron chi connectivity index (χ2n) is 10.8. The Kier molecular flexibility index (Phi) is 7.31. The molecule has 1 saturated heterocycles. The highest BCUT2D eigenvalue weighted by Crippen LogP contribution is 2.29. The summed E-state index contributed by atoms with van der Waals surface area (Å²) in [6.45, 7) is 2.30. The molecule has 1 aliphatic rings. The van der Waals surface area contributed by atoms with Crippen molar-refractivity contribution in [3.8, 4) is 11.5 Å². The molecule has 4 aromatic heterocycles. The molecular formula is C31H29N11O3. The first-order valence-electron chi connectivity index (χ1n) is 14.4. The molecule has 2 aromatic carbocycles. The minimum Gasteiger partial charge on any atom is -0.436 e. The van der Waals surface area contributed by atoms with Crippen molar-refractivity contribution < 1.29 is 14.0 Å². The van der Waals surface area contributed by atoms with Gasteiger partial charge in [0.05, 0.1) is 25.6 Å². The zero-order chi connectivity index (χ0) is 30.9. The number of carbonyl (C=O) groups is 2. The van der Waals surface area contributed by atoms with Crippen molar-refractivity contribution in [2.24, 2.45) is 14.1 Å². The molecule has 1 unspecified atom stereocenters. The minimum atomic E-state index is -0.280. The summed E-state index contributed by atoms with van der Waals surface area (Å²) in [7, 11) is 3.50. The molecule has 5 heterocycles. The quantitative estimate of drug-likeness (QED) is 0.288. The van der Waals surface area contributed by atoms with Gasteiger partial charge in [0.15, 0.2) is 11.4 Å². The third-order valence-electron chi connectivity index (χ3n) is 7.77. The first-order chi connectivity index (χ1) is 21.9. The lowest BCUT2D eigenvalue weighted by Gasteiger charge is -2.38. The zero-order valence-electron chi connectivity index (χ0n) is 24.6. The van der Waals surface area contributed by atoms with Crippen LogP contribution in [0, 0.1) is 0 Å². The predicted molar refractivity (Wildman–Crippen MR) is 163 cm³/mol. The molecule has 226 valence electrons. The van der Waals surface area contributed by atoms with E-state index in [1.54, 1.807) is 66.4 Å². The number of hydrogen-bond acceptors (Lipinski definition) is 10. The molecule has 0 aliphatic carbocycles. The Morgan fingerprint density at radius 3 is 2.53 bits per heavy atom. The molecule has 1 fully saturated rings. The number of oxazole rings is 1. The second-order valence-corrected chi connectivity index (χ2v) is 10.8. The van der Waals surface area contributed by atoms with Gasteiger partial charge in [0, 0.05) is 50.7 Å². The van der Waals surface area contributed by atoms with Crippen LogP contribution in [0.25, 0.3) is 22.6 Å². The molecule has 14 nitrogen and oxygen atoms in total. The molecule has 1 aliphatic heterocycles. The average molecular weight is 604 g/mol. The van der Waals surface area contributed by atoms with Crippen LogP contribution in [0.2, 0.25) is 0 Å². The lowest BCUT2D eigenvalue weighted by atomic mass is 10.0. The number of hydrogen-bond donors (Lipinski definition) is 1. The number of carbonyl (C=O) groups excluding carboxylic acids is 2. The summed E-state index contributed by atoms with van der Waals surface area (Å²) >= 11 is 0. The maximum absolute atomic E-state index is 13.6. The summed E-state index contributed by atoms with van der Waals surface area (Å²) in [6, 6.07) is 18.6. The Balaban J connectivity index is 1.05. The smallest absolute Gasteiger partial charge is 0.273 e. The molecule has 14 heteroatoms. The number of amides is 2. The summed E-state index contributed by atoms with van der Waals surface area (Å²) in [5.41, 5.74) is 4.13. The minimum absolute atomic E-state index is 0.165. The zero-order valence-corrected chi connectivity index (χ0v) is 24.6. The van der Waals surface area contributed by atoms with Gasteiger partial charge < -0.3 is 19.2 Å². The predicted octanol–water partition coefficient (Wildman–Crippen LogP) is 2.95. The molecule has 0 radical (unpaired) electrons. The molecule has 0 bridgehead atoms. The Labute approximate surface area is 257 Å². The number of benzene rings is 2. The number of rotatable bonds is 7. The van der Waals surface area contributed by atoms with Crippen molar-refractivity contribution in [2.75, 3.05) is 31.5 Å². The van der Waals surface area contributed by atoms with Gasteiger partial charge >= 0.3 is 0 Å². The Bertz CT molecular complexity index is 1990. The lowest BCUT2D eigenvalue weighted by Crippen LogP contribution is -2.50. The number of pyridine rings is 1. The van der Waals surface area contributed by atoms with Gasteiger partial charge in [-0.1, -0.05) is 30.3 Å². The van der Waals surface area contributed by atoms with Crippen LogP contribution in [0.4, 0.5) is 5.69 Å². The van der Waals surface area contributed by atoms with Crippen molar-refractivity contribution in [1.29, 1.82) is 0 Å². The van der Waals surface area contributed by atoms with Crippen molar-refractivity contribution >= 4 is 28.6 Å². The summed E-state index contributed by atoms with van der Waals surface area (Å²) in [5.74, 6) is 0.529. The lowest BCUT2D eigenvalue weighted by molar-refractivity contribution is 0.0586. The summed E-state index contributed by atoms with van der Waals surface area (Å²) in [5, 5.41) is 15.7. The van der Waals surface area contributed by atoms with Crippen molar-refractivity contribution in [1.82, 2.24) is 49.5 Å². The number of tetrazole rings is 1. The number of nitrogens with one attached hydrogen (secondary N) is 1. The van der Waals surface area contributed by atoms with Crippen molar-refractivity contribution in [2.45, 2.75) is 6.04 Å². The van der Waals surface area contributed by atoms with E-state index >= 15 is 0 Å². The van der Waals surface area contributed by atoms with Crippen LogP contribution in [0.5, 0.6) is 0 Å². The molecular weight excluding hydrogens is 574 g/mol. The summed E-state index contributed by atoms with van der Waals surface area (Å²) in [4.78, 5) is 44.7. The topological polar surface area (TPSA) is 153 Å².